The number of amides is 1. The molecule has 1 aliphatic rings. The van der Waals surface area contributed by atoms with Crippen molar-refractivity contribution < 1.29 is 13.2 Å². The molecule has 0 unspecified atom stereocenters. The number of hydrogen-bond donors (Lipinski definition) is 1. The monoisotopic (exact) mass is 413 g/mol. The maximum atomic E-state index is 12.2. The van der Waals surface area contributed by atoms with Gasteiger partial charge in [-0.25, -0.2) is 8.42 Å². The van der Waals surface area contributed by atoms with Crippen molar-refractivity contribution in [2.24, 2.45) is 5.92 Å². The SMILES string of the molecule is O=C(NCC1CCCC1)c1cc(S(=O)(=O)Cl)cc(Br)c1Cl. The van der Waals surface area contributed by atoms with Crippen molar-refractivity contribution in [2.75, 3.05) is 6.54 Å². The van der Waals surface area contributed by atoms with Crippen molar-refractivity contribution in [1.29, 1.82) is 0 Å². The van der Waals surface area contributed by atoms with Gasteiger partial charge in [-0.2, -0.15) is 0 Å². The lowest BCUT2D eigenvalue weighted by atomic mass is 10.1. The Labute approximate surface area is 141 Å². The molecule has 1 saturated carbocycles. The van der Waals surface area contributed by atoms with E-state index in [1.54, 1.807) is 0 Å². The fourth-order valence-electron chi connectivity index (χ4n) is 2.42. The van der Waals surface area contributed by atoms with Gasteiger partial charge in [-0.15, -0.1) is 0 Å². The summed E-state index contributed by atoms with van der Waals surface area (Å²) < 4.78 is 23.1. The molecule has 1 N–H and O–H groups in total. The summed E-state index contributed by atoms with van der Waals surface area (Å²) in [4.78, 5) is 12.0. The Bertz CT molecular complexity index is 658. The van der Waals surface area contributed by atoms with Gasteiger partial charge in [0.25, 0.3) is 15.0 Å². The zero-order chi connectivity index (χ0) is 15.6. The summed E-state index contributed by atoms with van der Waals surface area (Å²) in [6.45, 7) is 0.574. The second-order valence-electron chi connectivity index (χ2n) is 5.06. The van der Waals surface area contributed by atoms with Gasteiger partial charge in [0.2, 0.25) is 0 Å². The number of hydrogen-bond acceptors (Lipinski definition) is 3. The average Bonchev–Trinajstić information content (AvgIpc) is 2.91. The topological polar surface area (TPSA) is 63.2 Å². The van der Waals surface area contributed by atoms with Gasteiger partial charge in [0, 0.05) is 21.7 Å². The van der Waals surface area contributed by atoms with Crippen LogP contribution in [0.1, 0.15) is 36.0 Å². The van der Waals surface area contributed by atoms with E-state index in [9.17, 15) is 13.2 Å². The number of carbonyl (C=O) groups excluding carboxylic acids is 1. The van der Waals surface area contributed by atoms with Gasteiger partial charge in [0.05, 0.1) is 15.5 Å². The van der Waals surface area contributed by atoms with Crippen LogP contribution in [0.15, 0.2) is 21.5 Å². The van der Waals surface area contributed by atoms with E-state index in [0.29, 0.717) is 16.9 Å². The van der Waals surface area contributed by atoms with Crippen LogP contribution in [-0.4, -0.2) is 20.9 Å². The van der Waals surface area contributed by atoms with Crippen LogP contribution in [0, 0.1) is 5.92 Å². The molecular formula is C13H14BrCl2NO3S. The van der Waals surface area contributed by atoms with Crippen LogP contribution in [0.25, 0.3) is 0 Å². The highest BCUT2D eigenvalue weighted by Crippen LogP contribution is 2.31. The lowest BCUT2D eigenvalue weighted by molar-refractivity contribution is 0.0947. The molecule has 2 rings (SSSR count). The van der Waals surface area contributed by atoms with Crippen LogP contribution in [0.2, 0.25) is 5.02 Å². The fourth-order valence-corrected chi connectivity index (χ4v) is 4.01. The van der Waals surface area contributed by atoms with Crippen molar-refractivity contribution in [3.8, 4) is 0 Å². The third-order valence-corrected chi connectivity index (χ3v) is 6.15. The Kier molecular flexibility index (Phi) is 5.57. The summed E-state index contributed by atoms with van der Waals surface area (Å²) in [6, 6.07) is 2.47. The molecule has 116 valence electrons. The van der Waals surface area contributed by atoms with Crippen LogP contribution in [-0.2, 0) is 9.05 Å². The minimum Gasteiger partial charge on any atom is -0.352 e. The standard InChI is InChI=1S/C13H14BrCl2NO3S/c14-11-6-9(21(16,19)20)5-10(12(11)15)13(18)17-7-8-3-1-2-4-8/h5-6,8H,1-4,7H2,(H,17,18). The van der Waals surface area contributed by atoms with Gasteiger partial charge >= 0.3 is 0 Å². The van der Waals surface area contributed by atoms with E-state index >= 15 is 0 Å². The number of benzene rings is 1. The predicted octanol–water partition coefficient (Wildman–Crippen LogP) is 3.95. The van der Waals surface area contributed by atoms with E-state index in [2.05, 4.69) is 21.2 Å². The third kappa shape index (κ3) is 4.34. The summed E-state index contributed by atoms with van der Waals surface area (Å²) in [5.74, 6) is 0.0888. The lowest BCUT2D eigenvalue weighted by Crippen LogP contribution is -2.28. The molecule has 1 aromatic rings. The van der Waals surface area contributed by atoms with Crippen LogP contribution in [0.4, 0.5) is 0 Å². The van der Waals surface area contributed by atoms with Gasteiger partial charge in [-0.3, -0.25) is 4.79 Å². The fraction of sp³-hybridized carbons (Fsp3) is 0.462. The van der Waals surface area contributed by atoms with Crippen molar-refractivity contribution >= 4 is 53.2 Å². The highest BCUT2D eigenvalue weighted by molar-refractivity contribution is 9.10. The van der Waals surface area contributed by atoms with E-state index < -0.39 is 15.0 Å². The third-order valence-electron chi connectivity index (χ3n) is 3.55. The molecule has 1 aliphatic carbocycles. The highest BCUT2D eigenvalue weighted by atomic mass is 79.9. The van der Waals surface area contributed by atoms with E-state index in [4.69, 9.17) is 22.3 Å². The molecule has 4 nitrogen and oxygen atoms in total. The van der Waals surface area contributed by atoms with Gasteiger partial charge < -0.3 is 5.32 Å². The van der Waals surface area contributed by atoms with Crippen LogP contribution >= 0.6 is 38.2 Å². The number of halogens is 3. The van der Waals surface area contributed by atoms with Gasteiger partial charge in [-0.05, 0) is 46.8 Å². The molecular weight excluding hydrogens is 401 g/mol. The van der Waals surface area contributed by atoms with Crippen molar-refractivity contribution in [3.63, 3.8) is 0 Å². The van der Waals surface area contributed by atoms with Crippen molar-refractivity contribution in [2.45, 2.75) is 30.6 Å². The lowest BCUT2D eigenvalue weighted by Gasteiger charge is -2.12. The first-order valence-corrected chi connectivity index (χ1v) is 9.99. The second kappa shape index (κ2) is 6.86. The molecule has 1 amide bonds. The molecule has 0 aromatic heterocycles. The molecule has 1 fully saturated rings. The molecule has 0 heterocycles. The second-order valence-corrected chi connectivity index (χ2v) is 8.86. The Morgan fingerprint density at radius 2 is 1.95 bits per heavy atom. The van der Waals surface area contributed by atoms with Crippen LogP contribution < -0.4 is 5.32 Å². The Balaban J connectivity index is 2.21. The van der Waals surface area contributed by atoms with Gasteiger partial charge in [-0.1, -0.05) is 24.4 Å². The Morgan fingerprint density at radius 1 is 1.33 bits per heavy atom. The summed E-state index contributed by atoms with van der Waals surface area (Å²) in [7, 11) is 1.39. The molecule has 21 heavy (non-hydrogen) atoms. The molecule has 1 aromatic carbocycles. The quantitative estimate of drug-likeness (QED) is 0.758. The van der Waals surface area contributed by atoms with E-state index in [-0.39, 0.29) is 15.5 Å². The molecule has 0 bridgehead atoms. The maximum Gasteiger partial charge on any atom is 0.261 e. The largest absolute Gasteiger partial charge is 0.352 e. The Morgan fingerprint density at radius 3 is 2.52 bits per heavy atom. The van der Waals surface area contributed by atoms with Crippen LogP contribution in [0.5, 0.6) is 0 Å². The normalized spacial score (nSPS) is 16.1. The molecule has 0 aliphatic heterocycles. The zero-order valence-electron chi connectivity index (χ0n) is 11.0. The van der Waals surface area contributed by atoms with E-state index in [0.717, 1.165) is 12.8 Å². The van der Waals surface area contributed by atoms with Crippen molar-refractivity contribution in [1.82, 2.24) is 5.32 Å². The molecule has 0 saturated heterocycles. The van der Waals surface area contributed by atoms with Crippen molar-refractivity contribution in [3.05, 3.63) is 27.2 Å². The first kappa shape index (κ1) is 17.1. The summed E-state index contributed by atoms with van der Waals surface area (Å²) in [6.07, 6.45) is 4.58. The summed E-state index contributed by atoms with van der Waals surface area (Å²) in [5.41, 5.74) is 0.100. The van der Waals surface area contributed by atoms with Gasteiger partial charge in [0.15, 0.2) is 0 Å². The molecule has 8 heteroatoms. The predicted molar refractivity (Wildman–Crippen MR) is 86.5 cm³/mol. The average molecular weight is 415 g/mol. The maximum absolute atomic E-state index is 12.2. The van der Waals surface area contributed by atoms with E-state index in [1.165, 1.54) is 25.0 Å². The summed E-state index contributed by atoms with van der Waals surface area (Å²) >= 11 is 9.20. The minimum atomic E-state index is -3.93. The molecule has 0 atom stereocenters. The number of rotatable bonds is 4. The number of carbonyl (C=O) groups is 1. The van der Waals surface area contributed by atoms with Crippen LogP contribution in [0.3, 0.4) is 0 Å². The molecule has 0 spiro atoms. The van der Waals surface area contributed by atoms with E-state index in [1.807, 2.05) is 0 Å². The van der Waals surface area contributed by atoms with Gasteiger partial charge in [0.1, 0.15) is 0 Å². The molecule has 0 radical (unpaired) electrons. The minimum absolute atomic E-state index is 0.100. The first-order chi connectivity index (χ1) is 9.79. The summed E-state index contributed by atoms with van der Waals surface area (Å²) in [5, 5.41) is 2.97. The first-order valence-electron chi connectivity index (χ1n) is 6.51. The highest BCUT2D eigenvalue weighted by Gasteiger charge is 2.21. The Hall–Kier alpha value is -0.300. The zero-order valence-corrected chi connectivity index (χ0v) is 14.9. The number of nitrogens with one attached hydrogen (secondary N) is 1. The smallest absolute Gasteiger partial charge is 0.261 e.